The Hall–Kier alpha value is -16.3. The number of alkyl halides is 1. The number of nitrogens with zero attached hydrogens (tertiary/aromatic N) is 18. The third-order valence-corrected chi connectivity index (χ3v) is 23.8. The van der Waals surface area contributed by atoms with Crippen LogP contribution in [-0.4, -0.2) is 216 Å². The monoisotopic (exact) mass is 2040 g/mol. The van der Waals surface area contributed by atoms with E-state index in [-0.39, 0.29) is 133 Å². The number of aliphatic hydroxyl groups is 1. The molecule has 6 amide bonds. The van der Waals surface area contributed by atoms with Crippen LogP contribution in [0.4, 0.5) is 0 Å². The van der Waals surface area contributed by atoms with Crippen LogP contribution in [0.1, 0.15) is 159 Å². The SMILES string of the molecule is CCCC(=O)NCC(=O)/C=C\n1cnc(-c2cc(C)cc(C)c2)n1.Cc1cc(C)cc(-c2ncn(/C=C\C(=O)CNC(=O)C(C)(CO)CCl)n2)c1.Cc1cc(C)cc(-c2ncn(/C=C\C(=O)CNC(=O)C(C)C)n2)c1.Cc1cc(C)cc(-c2ncn(/C=C\C(=O)CNC(=O)C3(C)CC3)n2)c1.Cc1cc(C)cc(-c2ncn(/C=C\C(=O)CNC(=O)C3CC3)n2)c1.Cc1cc(C)cc(-c2ncn(/C=C\C(=O)CNC(=O)C3CCC3)n2)c1. The number of hydrogen-bond acceptors (Lipinski definition) is 25. The zero-order valence-corrected chi connectivity index (χ0v) is 88.1. The molecule has 6 heterocycles. The maximum Gasteiger partial charge on any atom is 0.229 e. The second-order valence-corrected chi connectivity index (χ2v) is 38.5. The first-order valence-electron chi connectivity index (χ1n) is 49.1. The van der Waals surface area contributed by atoms with Gasteiger partial charge in [-0.25, -0.2) is 58.0 Å². The molecule has 38 heteroatoms. The number of ketones is 6. The highest BCUT2D eigenvalue weighted by Gasteiger charge is 2.45. The van der Waals surface area contributed by atoms with Gasteiger partial charge in [0.15, 0.2) is 69.6 Å². The third kappa shape index (κ3) is 38.2. The topological polar surface area (TPSA) is 482 Å². The smallest absolute Gasteiger partial charge is 0.229 e. The lowest BCUT2D eigenvalue weighted by Crippen LogP contribution is -2.44. The number of halogens is 1. The number of carbonyl (C=O) groups is 12. The van der Waals surface area contributed by atoms with E-state index in [4.69, 9.17) is 11.6 Å². The first kappa shape index (κ1) is 115. The van der Waals surface area contributed by atoms with Crippen molar-refractivity contribution in [1.29, 1.82) is 0 Å². The van der Waals surface area contributed by atoms with Crippen molar-refractivity contribution in [3.63, 3.8) is 0 Å². The van der Waals surface area contributed by atoms with Gasteiger partial charge in [0.2, 0.25) is 35.4 Å². The van der Waals surface area contributed by atoms with Crippen LogP contribution in [0.25, 0.3) is 106 Å². The number of benzene rings is 6. The molecule has 3 fully saturated rings. The molecule has 0 saturated heterocycles. The number of aromatic nitrogens is 18. The Bertz CT molecular complexity index is 6730. The summed E-state index contributed by atoms with van der Waals surface area (Å²) in [4.78, 5) is 166. The van der Waals surface area contributed by atoms with E-state index < -0.39 is 17.9 Å². The van der Waals surface area contributed by atoms with Gasteiger partial charge in [-0.2, -0.15) is 0 Å². The van der Waals surface area contributed by atoms with Crippen LogP contribution < -0.4 is 31.9 Å². The summed E-state index contributed by atoms with van der Waals surface area (Å²) in [6, 6.07) is 36.7. The Morgan fingerprint density at radius 2 is 0.597 bits per heavy atom. The van der Waals surface area contributed by atoms with Crippen molar-refractivity contribution in [2.75, 3.05) is 51.8 Å². The fourth-order valence-electron chi connectivity index (χ4n) is 14.7. The molecule has 6 aromatic heterocycles. The minimum Gasteiger partial charge on any atom is -0.395 e. The molecule has 780 valence electrons. The second-order valence-electron chi connectivity index (χ2n) is 38.3. The van der Waals surface area contributed by atoms with Gasteiger partial charge in [-0.15, -0.1) is 42.2 Å². The third-order valence-electron chi connectivity index (χ3n) is 23.2. The van der Waals surface area contributed by atoms with Crippen molar-refractivity contribution in [2.24, 2.45) is 28.6 Å². The van der Waals surface area contributed by atoms with Gasteiger partial charge in [-0.1, -0.05) is 137 Å². The van der Waals surface area contributed by atoms with Crippen LogP contribution >= 0.6 is 11.6 Å². The molecular formula is C111H131ClN24O13. The average molecular weight is 2040 g/mol. The molecule has 3 saturated carbocycles. The summed E-state index contributed by atoms with van der Waals surface area (Å²) in [5.74, 6) is 1.56. The summed E-state index contributed by atoms with van der Waals surface area (Å²) in [5.41, 5.74) is 18.0. The minimum atomic E-state index is -1.11. The molecular weight excluding hydrogens is 1910 g/mol. The molecule has 0 bridgehead atoms. The zero-order chi connectivity index (χ0) is 108. The lowest BCUT2D eigenvalue weighted by atomic mass is 9.85. The molecule has 3 aliphatic rings. The molecule has 0 radical (unpaired) electrons. The highest BCUT2D eigenvalue weighted by atomic mass is 35.5. The second kappa shape index (κ2) is 55.3. The highest BCUT2D eigenvalue weighted by Crippen LogP contribution is 2.45. The van der Waals surface area contributed by atoms with Gasteiger partial charge in [-0.05, 0) is 208 Å². The van der Waals surface area contributed by atoms with E-state index in [0.29, 0.717) is 41.4 Å². The molecule has 1 unspecified atom stereocenters. The molecule has 3 aliphatic carbocycles. The van der Waals surface area contributed by atoms with Crippen LogP contribution in [0, 0.1) is 112 Å². The van der Waals surface area contributed by atoms with Crippen molar-refractivity contribution in [3.8, 4) is 68.3 Å². The van der Waals surface area contributed by atoms with E-state index in [2.05, 4.69) is 129 Å². The van der Waals surface area contributed by atoms with Gasteiger partial charge in [0, 0.05) is 143 Å². The minimum absolute atomic E-state index is 0.00352. The number of carbonyl (C=O) groups excluding carboxylic acids is 12. The quantitative estimate of drug-likeness (QED) is 0.0139. The lowest BCUT2D eigenvalue weighted by molar-refractivity contribution is -0.132. The predicted octanol–water partition coefficient (Wildman–Crippen LogP) is 14.0. The predicted molar refractivity (Wildman–Crippen MR) is 573 cm³/mol. The maximum absolute atomic E-state index is 12.0. The van der Waals surface area contributed by atoms with Gasteiger partial charge in [0.1, 0.15) is 38.0 Å². The Balaban J connectivity index is 0.000000183. The van der Waals surface area contributed by atoms with Crippen LogP contribution in [0.15, 0.2) is 184 Å². The van der Waals surface area contributed by atoms with Crippen LogP contribution in [0.5, 0.6) is 0 Å². The van der Waals surface area contributed by atoms with Crippen molar-refractivity contribution in [3.05, 3.63) is 250 Å². The van der Waals surface area contributed by atoms with Crippen molar-refractivity contribution >= 4 is 119 Å². The fraction of sp³-hybridized carbons (Fsp3) is 0.351. The molecule has 37 nitrogen and oxygen atoms in total. The van der Waals surface area contributed by atoms with E-state index in [9.17, 15) is 62.6 Å². The van der Waals surface area contributed by atoms with E-state index in [1.807, 2.05) is 170 Å². The normalized spacial score (nSPS) is 13.3. The van der Waals surface area contributed by atoms with Crippen molar-refractivity contribution in [1.82, 2.24) is 120 Å². The largest absolute Gasteiger partial charge is 0.395 e. The summed E-state index contributed by atoms with van der Waals surface area (Å²) in [6.07, 6.45) is 34.5. The lowest BCUT2D eigenvalue weighted by Gasteiger charge is -2.23. The number of aliphatic hydroxyl groups excluding tert-OH is 1. The fourth-order valence-corrected chi connectivity index (χ4v) is 14.9. The van der Waals surface area contributed by atoms with Gasteiger partial charge in [0.05, 0.1) is 51.3 Å². The average Bonchev–Trinajstić information content (AvgIpc) is 1.65. The van der Waals surface area contributed by atoms with E-state index >= 15 is 0 Å². The summed E-state index contributed by atoms with van der Waals surface area (Å²) in [6.45, 7) is 32.6. The summed E-state index contributed by atoms with van der Waals surface area (Å²) < 4.78 is 8.89. The Kier molecular flexibility index (Phi) is 42.5. The van der Waals surface area contributed by atoms with Crippen LogP contribution in [0.3, 0.4) is 0 Å². The number of aryl methyl sites for hydroxylation is 12. The van der Waals surface area contributed by atoms with E-state index in [1.165, 1.54) is 96.4 Å². The van der Waals surface area contributed by atoms with E-state index in [1.54, 1.807) is 64.1 Å². The number of amides is 6. The van der Waals surface area contributed by atoms with Gasteiger partial charge in [-0.3, -0.25) is 57.5 Å². The van der Waals surface area contributed by atoms with Crippen LogP contribution in [0.2, 0.25) is 0 Å². The molecule has 0 spiro atoms. The van der Waals surface area contributed by atoms with Crippen molar-refractivity contribution in [2.45, 2.75) is 175 Å². The number of nitrogens with one attached hydrogen (secondary N) is 6. The Labute approximate surface area is 871 Å². The maximum atomic E-state index is 12.0. The molecule has 1 atom stereocenters. The standard InChI is InChI=1S/C19H23ClN4O3.2C19H22N4O2.C18H20N4O2.2C18H22N4O2/c1-13-6-14(2)8-15(7-13)17-22-12-24(23-17)5-4-16(26)9-21-18(27)19(3,10-20)11-25;1-13-8-14(2)10-15(9-13)17-21-12-23(22-17)7-4-16(24)11-20-18(25)19(3)5-6-19;1-13-8-14(2)10-16(9-13)18-21-12-23(22-18)7-6-17(24)11-20-19(25)15-4-3-5-15;1-12-7-13(2)9-15(8-12)17-20-11-22(21-17)6-5-16(23)10-19-18(24)14-3-4-14;1-12(2)18(24)19-10-16(23)5-6-22-11-20-17(21-22)15-8-13(3)7-14(4)9-15;1-4-5-17(24)19-11-16(23)6-7-22-12-20-18(21-22)15-9-13(2)8-14(3)10-15/h4-8,12,25H,9-11H2,1-3H3,(H,21,27);4,7-10,12H,5-6,11H2,1-3H3,(H,20,25);6-10,12,15H,3-5,11H2,1-2H3,(H,20,25);5-9,11,14H,3-4,10H2,1-2H3,(H,19,24);5-9,11-12H,10H2,1-4H3,(H,19,24);6-10,12H,4-5,11H2,1-3H3,(H,19,24)/b5-4-;7-4-;7-6-;2*6-5-;7-6-. The molecule has 7 N–H and O–H groups in total. The summed E-state index contributed by atoms with van der Waals surface area (Å²) >= 11 is 5.69. The number of rotatable bonds is 39. The molecule has 15 rings (SSSR count). The Morgan fingerprint density at radius 1 is 0.362 bits per heavy atom. The molecule has 0 aliphatic heterocycles. The first-order valence-corrected chi connectivity index (χ1v) is 49.6. The summed E-state index contributed by atoms with van der Waals surface area (Å²) in [5, 5.41) is 50.9. The number of hydrogen-bond donors (Lipinski definition) is 7. The molecule has 6 aromatic carbocycles. The van der Waals surface area contributed by atoms with Gasteiger partial charge in [0.25, 0.3) is 0 Å². The first-order chi connectivity index (χ1) is 71.0. The molecule has 149 heavy (non-hydrogen) atoms. The summed E-state index contributed by atoms with van der Waals surface area (Å²) in [7, 11) is 0. The molecule has 12 aromatic rings. The highest BCUT2D eigenvalue weighted by molar-refractivity contribution is 6.20. The van der Waals surface area contributed by atoms with Crippen molar-refractivity contribution < 1.29 is 62.6 Å². The van der Waals surface area contributed by atoms with Gasteiger partial charge < -0.3 is 37.0 Å². The zero-order valence-electron chi connectivity index (χ0n) is 87.3. The Morgan fingerprint density at radius 3 is 0.812 bits per heavy atom. The van der Waals surface area contributed by atoms with Gasteiger partial charge >= 0.3 is 0 Å². The van der Waals surface area contributed by atoms with Crippen LogP contribution in [-0.2, 0) is 57.5 Å². The van der Waals surface area contributed by atoms with E-state index in [0.717, 1.165) is 152 Å².